The number of rotatable bonds is 1. The molecular weight excluding hydrogens is 339 g/mol. The van der Waals surface area contributed by atoms with Crippen molar-refractivity contribution in [1.82, 2.24) is 0 Å². The first-order valence-electron chi connectivity index (χ1n) is 2.42. The van der Waals surface area contributed by atoms with E-state index in [0.29, 0.717) is 0 Å². The van der Waals surface area contributed by atoms with Gasteiger partial charge in [0.15, 0.2) is 0 Å². The van der Waals surface area contributed by atoms with Crippen LogP contribution in [0.3, 0.4) is 0 Å². The standard InChI is InChI=1S/C2H5NO2.C2H7N.ClH.Pt/c3-1-2(4)5;1-2-3;;/h1,3H2,(H,4,5);2-3H2,1H3;1H;/q;;;+1/p-1. The van der Waals surface area contributed by atoms with E-state index in [9.17, 15) is 4.79 Å². The van der Waals surface area contributed by atoms with Gasteiger partial charge in [0.1, 0.15) is 0 Å². The summed E-state index contributed by atoms with van der Waals surface area (Å²) in [6.07, 6.45) is 0. The first-order chi connectivity index (χ1) is 4.68. The van der Waals surface area contributed by atoms with E-state index >= 15 is 0 Å². The summed E-state index contributed by atoms with van der Waals surface area (Å²) in [5.74, 6) is -0.968. The van der Waals surface area contributed by atoms with E-state index in [2.05, 4.69) is 15.2 Å². The van der Waals surface area contributed by atoms with E-state index in [1.807, 2.05) is 6.92 Å². The van der Waals surface area contributed by atoms with Crippen LogP contribution in [-0.4, -0.2) is 24.2 Å². The predicted octanol–water partition coefficient (Wildman–Crippen LogP) is -0.318. The fourth-order valence-electron chi connectivity index (χ4n) is 0. The molecule has 6 heteroatoms. The molecule has 0 radical (unpaired) electrons. The molecule has 5 N–H and O–H groups in total. The summed E-state index contributed by atoms with van der Waals surface area (Å²) in [4.78, 5) is 9.24. The van der Waals surface area contributed by atoms with Crippen LogP contribution in [0.15, 0.2) is 0 Å². The fraction of sp³-hybridized carbons (Fsp3) is 0.750. The predicted molar refractivity (Wildman–Crippen MR) is 37.3 cm³/mol. The molecule has 0 amide bonds. The van der Waals surface area contributed by atoms with E-state index in [4.69, 9.17) is 10.8 Å². The maximum absolute atomic E-state index is 9.24. The summed E-state index contributed by atoms with van der Waals surface area (Å²) in [7, 11) is 4.61. The van der Waals surface area contributed by atoms with Crippen LogP contribution >= 0.6 is 9.42 Å². The van der Waals surface area contributed by atoms with Crippen molar-refractivity contribution in [3.05, 3.63) is 0 Å². The Bertz CT molecular complexity index is 65.2. The molecule has 0 aliphatic rings. The third kappa shape index (κ3) is 81.0. The van der Waals surface area contributed by atoms with Gasteiger partial charge in [-0.15, -0.1) is 0 Å². The van der Waals surface area contributed by atoms with Crippen LogP contribution < -0.4 is 11.5 Å². The zero-order chi connectivity index (χ0) is 8.99. The van der Waals surface area contributed by atoms with Gasteiger partial charge in [-0.25, -0.2) is 0 Å². The van der Waals surface area contributed by atoms with Crippen molar-refractivity contribution in [1.29, 1.82) is 0 Å². The second kappa shape index (κ2) is 22.8. The van der Waals surface area contributed by atoms with Gasteiger partial charge in [0.2, 0.25) is 0 Å². The van der Waals surface area contributed by atoms with Gasteiger partial charge < -0.3 is 16.6 Å². The molecule has 0 bridgehead atoms. The Kier molecular flexibility index (Phi) is 38.2. The number of aliphatic carboxylic acids is 1. The molecule has 10 heavy (non-hydrogen) atoms. The number of carboxylic acids is 1. The normalized spacial score (nSPS) is 6.20. The van der Waals surface area contributed by atoms with Gasteiger partial charge in [0.25, 0.3) is 0 Å². The summed E-state index contributed by atoms with van der Waals surface area (Å²) in [5, 5.41) is 7.60. The van der Waals surface area contributed by atoms with Crippen molar-refractivity contribution >= 4 is 15.4 Å². The molecule has 0 aromatic carbocycles. The number of nitrogens with two attached hydrogens (primary N) is 2. The molecule has 0 unspecified atom stereocenters. The third-order valence-corrected chi connectivity index (χ3v) is 0.175. The van der Waals surface area contributed by atoms with Crippen LogP contribution in [0, 0.1) is 0 Å². The number of hydrogen-bond acceptors (Lipinski definition) is 3. The van der Waals surface area contributed by atoms with Crippen LogP contribution in [0.1, 0.15) is 6.92 Å². The van der Waals surface area contributed by atoms with E-state index < -0.39 is 5.97 Å². The zero-order valence-corrected chi connectivity index (χ0v) is 8.65. The van der Waals surface area contributed by atoms with Crippen molar-refractivity contribution in [2.75, 3.05) is 13.1 Å². The summed E-state index contributed by atoms with van der Waals surface area (Å²) < 4.78 is 0. The quantitative estimate of drug-likeness (QED) is 0.605. The van der Waals surface area contributed by atoms with Gasteiger partial charge in [-0.1, -0.05) is 6.92 Å². The molecule has 0 fully saturated rings. The Hall–Kier alpha value is 0.368. The van der Waals surface area contributed by atoms with Crippen LogP contribution in [-0.2, 0) is 23.6 Å². The number of carboxylic acid groups (broad SMARTS) is 1. The Labute approximate surface area is 75.7 Å². The molecule has 4 nitrogen and oxygen atoms in total. The zero-order valence-electron chi connectivity index (χ0n) is 5.62. The first kappa shape index (κ1) is 16.8. The summed E-state index contributed by atoms with van der Waals surface area (Å²) in [6.45, 7) is 2.38. The molecule has 0 saturated heterocycles. The fourth-order valence-corrected chi connectivity index (χ4v) is 0. The molecule has 0 rings (SSSR count). The third-order valence-electron chi connectivity index (χ3n) is 0.175. The molecule has 0 aromatic rings. The average Bonchev–Trinajstić information content (AvgIpc) is 1.94. The van der Waals surface area contributed by atoms with Crippen LogP contribution in [0.4, 0.5) is 0 Å². The average molecular weight is 351 g/mol. The Balaban J connectivity index is -0.0000000847. The Morgan fingerprint density at radius 1 is 1.60 bits per heavy atom. The van der Waals surface area contributed by atoms with Crippen molar-refractivity contribution in [3.63, 3.8) is 0 Å². The molecular formula is C4H12ClN2O2Pt. The Morgan fingerprint density at radius 2 is 1.70 bits per heavy atom. The topological polar surface area (TPSA) is 89.3 Å². The molecule has 0 aliphatic heterocycles. The second-order valence-electron chi connectivity index (χ2n) is 1.01. The first-order valence-corrected chi connectivity index (χ1v) is 5.24. The SMILES string of the molecule is CCN.NCC(=O)O.[Cl][Pt]. The molecule has 0 aromatic heterocycles. The van der Waals surface area contributed by atoms with Crippen molar-refractivity contribution in [2.24, 2.45) is 11.5 Å². The van der Waals surface area contributed by atoms with E-state index in [1.54, 1.807) is 18.8 Å². The summed E-state index contributed by atoms with van der Waals surface area (Å²) in [5.41, 5.74) is 9.42. The monoisotopic (exact) mass is 350 g/mol. The second-order valence-corrected chi connectivity index (χ2v) is 1.01. The summed E-state index contributed by atoms with van der Waals surface area (Å²) >= 11 is 1.61. The van der Waals surface area contributed by atoms with Gasteiger partial charge in [-0.2, -0.15) is 0 Å². The minimum atomic E-state index is -0.968. The molecule has 67 valence electrons. The molecule has 0 aliphatic carbocycles. The van der Waals surface area contributed by atoms with Crippen molar-refractivity contribution in [3.8, 4) is 0 Å². The number of carbonyl (C=O) groups is 1. The van der Waals surface area contributed by atoms with Crippen LogP contribution in [0.2, 0.25) is 0 Å². The van der Waals surface area contributed by atoms with Crippen molar-refractivity contribution in [2.45, 2.75) is 6.92 Å². The van der Waals surface area contributed by atoms with E-state index in [-0.39, 0.29) is 6.54 Å². The van der Waals surface area contributed by atoms with Gasteiger partial charge in [0, 0.05) is 0 Å². The van der Waals surface area contributed by atoms with Gasteiger partial charge in [-0.3, -0.25) is 4.79 Å². The molecule has 0 atom stereocenters. The minimum absolute atomic E-state index is 0.278. The molecule has 0 heterocycles. The molecule has 0 spiro atoms. The van der Waals surface area contributed by atoms with Gasteiger partial charge in [-0.05, 0) is 6.54 Å². The van der Waals surface area contributed by atoms with Gasteiger partial charge in [0.05, 0.1) is 6.54 Å². The summed E-state index contributed by atoms with van der Waals surface area (Å²) in [6, 6.07) is 0. The molecule has 0 saturated carbocycles. The van der Waals surface area contributed by atoms with Crippen molar-refractivity contribution < 1.29 is 28.7 Å². The van der Waals surface area contributed by atoms with Crippen LogP contribution in [0.5, 0.6) is 0 Å². The van der Waals surface area contributed by atoms with E-state index in [1.165, 1.54) is 0 Å². The van der Waals surface area contributed by atoms with Gasteiger partial charge >= 0.3 is 34.2 Å². The maximum atomic E-state index is 9.24. The number of halogens is 1. The van der Waals surface area contributed by atoms with E-state index in [0.717, 1.165) is 6.54 Å². The van der Waals surface area contributed by atoms with Crippen LogP contribution in [0.25, 0.3) is 0 Å². The Morgan fingerprint density at radius 3 is 1.70 bits per heavy atom. The number of hydrogen-bond donors (Lipinski definition) is 3.